The molecule has 3 saturated heterocycles. The van der Waals surface area contributed by atoms with Crippen LogP contribution in [0.5, 0.6) is 34.5 Å². The van der Waals surface area contributed by atoms with Gasteiger partial charge in [-0.05, 0) is 29.8 Å². The third-order valence-corrected chi connectivity index (χ3v) is 9.41. The molecule has 2 aromatic rings. The molecule has 18 heteroatoms. The molecule has 51 heavy (non-hydrogen) atoms. The number of hydrogen-bond acceptors (Lipinski definition) is 18. The van der Waals surface area contributed by atoms with Gasteiger partial charge in [-0.3, -0.25) is 4.79 Å². The molecular weight excluding hydrogens is 684 g/mol. The topological polar surface area (TPSA) is 262 Å². The van der Waals surface area contributed by atoms with Gasteiger partial charge in [-0.15, -0.1) is 0 Å². The van der Waals surface area contributed by atoms with Crippen LogP contribution in [0.15, 0.2) is 24.3 Å². The Bertz CT molecular complexity index is 1470. The number of benzene rings is 2. The lowest BCUT2D eigenvalue weighted by molar-refractivity contribution is -0.319. The molecule has 18 nitrogen and oxygen atoms in total. The normalized spacial score (nSPS) is 33.5. The van der Waals surface area contributed by atoms with Gasteiger partial charge in [0, 0.05) is 18.1 Å². The van der Waals surface area contributed by atoms with Crippen molar-refractivity contribution in [2.24, 2.45) is 11.8 Å². The van der Waals surface area contributed by atoms with Crippen molar-refractivity contribution in [1.29, 1.82) is 0 Å². The van der Waals surface area contributed by atoms with Crippen LogP contribution in [-0.4, -0.2) is 157 Å². The minimum atomic E-state index is -2.06. The number of rotatable bonds is 14. The van der Waals surface area contributed by atoms with Crippen LogP contribution in [0.3, 0.4) is 0 Å². The van der Waals surface area contributed by atoms with Crippen LogP contribution in [0.2, 0.25) is 0 Å². The number of methoxy groups -OCH3 is 4. The van der Waals surface area contributed by atoms with Gasteiger partial charge < -0.3 is 83.5 Å². The number of Topliss-reactive ketones (excluding diaryl/α,β-unsaturated/α-hetero) is 1. The predicted molar refractivity (Wildman–Crippen MR) is 169 cm³/mol. The first-order valence-corrected chi connectivity index (χ1v) is 15.9. The molecule has 3 fully saturated rings. The molecule has 0 spiro atoms. The highest BCUT2D eigenvalue weighted by molar-refractivity contribution is 5.99. The molecule has 0 amide bonds. The van der Waals surface area contributed by atoms with Crippen molar-refractivity contribution in [3.8, 4) is 34.5 Å². The first kappa shape index (κ1) is 38.7. The molecule has 0 aliphatic carbocycles. The maximum absolute atomic E-state index is 13.7. The Labute approximate surface area is 292 Å². The van der Waals surface area contributed by atoms with E-state index in [0.717, 1.165) is 0 Å². The van der Waals surface area contributed by atoms with Crippen molar-refractivity contribution in [2.75, 3.05) is 61.5 Å². The maximum Gasteiger partial charge on any atom is 0.230 e. The number of ketones is 1. The van der Waals surface area contributed by atoms with Gasteiger partial charge >= 0.3 is 0 Å². The fraction of sp³-hybridized carbons (Fsp3) is 0.606. The number of aliphatic hydroxyl groups excluding tert-OH is 6. The van der Waals surface area contributed by atoms with Gasteiger partial charge in [-0.25, -0.2) is 0 Å². The highest BCUT2D eigenvalue weighted by Gasteiger charge is 2.54. The summed E-state index contributed by atoms with van der Waals surface area (Å²) in [4.78, 5) is 13.7. The molecule has 284 valence electrons. The minimum Gasteiger partial charge on any atom is -0.502 e. The first-order chi connectivity index (χ1) is 24.4. The van der Waals surface area contributed by atoms with E-state index >= 15 is 0 Å². The first-order valence-electron chi connectivity index (χ1n) is 15.9. The van der Waals surface area contributed by atoms with Gasteiger partial charge in [0.15, 0.2) is 41.2 Å². The van der Waals surface area contributed by atoms with E-state index in [1.54, 1.807) is 0 Å². The zero-order valence-corrected chi connectivity index (χ0v) is 28.3. The second-order valence-corrected chi connectivity index (χ2v) is 12.4. The fourth-order valence-electron chi connectivity index (χ4n) is 6.41. The van der Waals surface area contributed by atoms with Crippen molar-refractivity contribution in [2.45, 2.75) is 54.8 Å². The minimum absolute atomic E-state index is 0.0271. The van der Waals surface area contributed by atoms with Crippen molar-refractivity contribution < 1.29 is 88.3 Å². The van der Waals surface area contributed by atoms with Crippen LogP contribution in [0, 0.1) is 11.8 Å². The average molecular weight is 729 g/mol. The molecule has 0 saturated carbocycles. The summed E-state index contributed by atoms with van der Waals surface area (Å²) in [5.41, 5.74) is -1.46. The van der Waals surface area contributed by atoms with Gasteiger partial charge in [0.25, 0.3) is 0 Å². The lowest BCUT2D eigenvalue weighted by Crippen LogP contribution is -2.62. The molecule has 11 atom stereocenters. The smallest absolute Gasteiger partial charge is 0.230 e. The zero-order valence-electron chi connectivity index (χ0n) is 28.3. The highest BCUT2D eigenvalue weighted by Crippen LogP contribution is 2.47. The Morgan fingerprint density at radius 3 is 1.96 bits per heavy atom. The van der Waals surface area contributed by atoms with E-state index < -0.39 is 93.1 Å². The van der Waals surface area contributed by atoms with E-state index in [2.05, 4.69) is 0 Å². The van der Waals surface area contributed by atoms with E-state index in [1.807, 2.05) is 0 Å². The summed E-state index contributed by atoms with van der Waals surface area (Å²) >= 11 is 0. The van der Waals surface area contributed by atoms with Gasteiger partial charge in [0.05, 0.1) is 66.9 Å². The Kier molecular flexibility index (Phi) is 12.1. The quantitative estimate of drug-likeness (QED) is 0.100. The Hall–Kier alpha value is -3.53. The summed E-state index contributed by atoms with van der Waals surface area (Å²) in [5, 5.41) is 82.7. The van der Waals surface area contributed by atoms with Crippen LogP contribution < -0.4 is 23.7 Å². The molecule has 3 aliphatic heterocycles. The summed E-state index contributed by atoms with van der Waals surface area (Å²) < 4.78 is 50.5. The van der Waals surface area contributed by atoms with Crippen LogP contribution in [0.25, 0.3) is 0 Å². The van der Waals surface area contributed by atoms with Crippen LogP contribution in [0.4, 0.5) is 0 Å². The van der Waals surface area contributed by atoms with Gasteiger partial charge in [0.1, 0.15) is 30.0 Å². The van der Waals surface area contributed by atoms with Crippen LogP contribution in [0.1, 0.15) is 22.0 Å². The SMILES string of the molecule is COc1cc(C(=O)C2COC(c3cc(OC)c(OC4OC(CO)C(O)C(O)C4OC4OCC(O)(CO)C4O)c(OC)c3)C2CO)cc(OC)c1O. The summed E-state index contributed by atoms with van der Waals surface area (Å²) in [6.07, 6.45) is -12.2. The summed E-state index contributed by atoms with van der Waals surface area (Å²) in [6.45, 7) is -2.60. The van der Waals surface area contributed by atoms with Gasteiger partial charge in [0.2, 0.25) is 17.8 Å². The molecule has 5 rings (SSSR count). The number of carbonyl (C=O) groups excluding carboxylic acids is 1. The lowest BCUT2D eigenvalue weighted by Gasteiger charge is -2.42. The van der Waals surface area contributed by atoms with Crippen molar-refractivity contribution in [3.05, 3.63) is 35.4 Å². The average Bonchev–Trinajstić information content (AvgIpc) is 3.71. The molecule has 11 unspecified atom stereocenters. The number of ether oxygens (including phenoxy) is 9. The largest absolute Gasteiger partial charge is 0.502 e. The van der Waals surface area contributed by atoms with E-state index in [0.29, 0.717) is 5.56 Å². The van der Waals surface area contributed by atoms with Crippen molar-refractivity contribution in [3.63, 3.8) is 0 Å². The Morgan fingerprint density at radius 1 is 0.843 bits per heavy atom. The number of carbonyl (C=O) groups is 1. The number of aromatic hydroxyl groups is 1. The van der Waals surface area contributed by atoms with E-state index in [9.17, 15) is 45.6 Å². The van der Waals surface area contributed by atoms with Gasteiger partial charge in [-0.1, -0.05) is 0 Å². The van der Waals surface area contributed by atoms with Crippen LogP contribution >= 0.6 is 0 Å². The standard InChI is InChI=1S/C33H44O18/c1-43-18-5-14(6-19(44-2)24(18)38)23(37)17-11-47-27(16(17)9-34)15-7-20(45-3)28(21(8-15)46-4)50-31-29(26(40)25(39)22(10-35)49-31)51-32-30(41)33(42,12-36)13-48-32/h5-8,16-17,22,25-27,29-32,34-36,38-42H,9-13H2,1-4H3. The molecule has 3 heterocycles. The number of phenolic OH excluding ortho intramolecular Hbond substituents is 1. The molecular formula is C33H44O18. The molecule has 3 aliphatic rings. The molecule has 8 N–H and O–H groups in total. The van der Waals surface area contributed by atoms with E-state index in [1.165, 1.54) is 52.7 Å². The predicted octanol–water partition coefficient (Wildman–Crippen LogP) is -1.75. The number of phenols is 1. The van der Waals surface area contributed by atoms with Crippen molar-refractivity contribution >= 4 is 5.78 Å². The van der Waals surface area contributed by atoms with E-state index in [-0.39, 0.29) is 52.5 Å². The summed E-state index contributed by atoms with van der Waals surface area (Å²) in [7, 11) is 5.31. The summed E-state index contributed by atoms with van der Waals surface area (Å²) in [5.74, 6) is -2.17. The molecule has 0 bridgehead atoms. The summed E-state index contributed by atoms with van der Waals surface area (Å²) in [6, 6.07) is 5.77. The highest BCUT2D eigenvalue weighted by atomic mass is 16.8. The molecule has 2 aromatic carbocycles. The second kappa shape index (κ2) is 16.0. The second-order valence-electron chi connectivity index (χ2n) is 12.4. The van der Waals surface area contributed by atoms with E-state index in [4.69, 9.17) is 42.6 Å². The number of aliphatic hydroxyl groups is 7. The Morgan fingerprint density at radius 2 is 1.45 bits per heavy atom. The maximum atomic E-state index is 13.7. The Balaban J connectivity index is 1.43. The third kappa shape index (κ3) is 7.26. The fourth-order valence-corrected chi connectivity index (χ4v) is 6.41. The number of hydrogen-bond donors (Lipinski definition) is 8. The zero-order chi connectivity index (χ0) is 37.2. The monoisotopic (exact) mass is 728 g/mol. The molecule has 0 radical (unpaired) electrons. The lowest BCUT2D eigenvalue weighted by atomic mass is 9.83. The molecule has 0 aromatic heterocycles. The van der Waals surface area contributed by atoms with Gasteiger partial charge in [-0.2, -0.15) is 0 Å². The van der Waals surface area contributed by atoms with Crippen LogP contribution in [-0.2, 0) is 18.9 Å². The van der Waals surface area contributed by atoms with Crippen molar-refractivity contribution in [1.82, 2.24) is 0 Å². The third-order valence-electron chi connectivity index (χ3n) is 9.41.